The first-order valence-electron chi connectivity index (χ1n) is 5.84. The fourth-order valence-corrected chi connectivity index (χ4v) is 2.06. The summed E-state index contributed by atoms with van der Waals surface area (Å²) in [7, 11) is 1.62. The van der Waals surface area contributed by atoms with Gasteiger partial charge in [-0.2, -0.15) is 0 Å². The maximum atomic E-state index is 12.1. The maximum absolute atomic E-state index is 12.1. The number of hydrogen-bond acceptors (Lipinski definition) is 3. The van der Waals surface area contributed by atoms with Crippen molar-refractivity contribution in [1.82, 2.24) is 9.80 Å². The van der Waals surface area contributed by atoms with Gasteiger partial charge in [0.1, 0.15) is 6.04 Å². The van der Waals surface area contributed by atoms with Gasteiger partial charge in [0.2, 0.25) is 5.91 Å². The van der Waals surface area contributed by atoms with Crippen LogP contribution in [0.1, 0.15) is 13.8 Å². The van der Waals surface area contributed by atoms with Crippen molar-refractivity contribution in [2.24, 2.45) is 11.7 Å². The number of morpholine rings is 1. The van der Waals surface area contributed by atoms with Crippen LogP contribution < -0.4 is 5.73 Å². The minimum absolute atomic E-state index is 0.00231. The number of primary amides is 1. The van der Waals surface area contributed by atoms with Crippen LogP contribution in [0.25, 0.3) is 0 Å². The number of ether oxygens (including phenoxy) is 1. The molecule has 0 aliphatic carbocycles. The maximum Gasteiger partial charge on any atom is 0.320 e. The lowest BCUT2D eigenvalue weighted by molar-refractivity contribution is -0.123. The lowest BCUT2D eigenvalue weighted by Crippen LogP contribution is -2.55. The predicted molar refractivity (Wildman–Crippen MR) is 63.4 cm³/mol. The number of rotatable bonds is 3. The van der Waals surface area contributed by atoms with Crippen LogP contribution in [0, 0.1) is 5.92 Å². The first-order valence-corrected chi connectivity index (χ1v) is 5.84. The zero-order valence-electron chi connectivity index (χ0n) is 10.7. The molecule has 0 aromatic rings. The molecule has 6 nitrogen and oxygen atoms in total. The zero-order chi connectivity index (χ0) is 13.0. The van der Waals surface area contributed by atoms with E-state index < -0.39 is 11.9 Å². The van der Waals surface area contributed by atoms with Crippen molar-refractivity contribution < 1.29 is 14.3 Å². The third-order valence-electron chi connectivity index (χ3n) is 2.92. The lowest BCUT2D eigenvalue weighted by atomic mass is 10.0. The molecule has 0 saturated carbocycles. The number of urea groups is 1. The van der Waals surface area contributed by atoms with Gasteiger partial charge in [0.15, 0.2) is 0 Å². The molecule has 1 aliphatic heterocycles. The summed E-state index contributed by atoms with van der Waals surface area (Å²) < 4.78 is 5.18. The Hall–Kier alpha value is -1.30. The van der Waals surface area contributed by atoms with Crippen LogP contribution in [0.5, 0.6) is 0 Å². The number of hydrogen-bond donors (Lipinski definition) is 1. The highest BCUT2D eigenvalue weighted by atomic mass is 16.5. The largest absolute Gasteiger partial charge is 0.378 e. The van der Waals surface area contributed by atoms with Crippen LogP contribution in [0.3, 0.4) is 0 Å². The van der Waals surface area contributed by atoms with Crippen molar-refractivity contribution in [3.8, 4) is 0 Å². The monoisotopic (exact) mass is 243 g/mol. The first kappa shape index (κ1) is 13.8. The molecule has 0 aromatic heterocycles. The summed E-state index contributed by atoms with van der Waals surface area (Å²) in [5, 5.41) is 0. The van der Waals surface area contributed by atoms with Crippen molar-refractivity contribution in [3.63, 3.8) is 0 Å². The molecule has 0 radical (unpaired) electrons. The second kappa shape index (κ2) is 5.86. The highest BCUT2D eigenvalue weighted by Crippen LogP contribution is 2.12. The van der Waals surface area contributed by atoms with Gasteiger partial charge in [-0.05, 0) is 5.92 Å². The second-order valence-electron chi connectivity index (χ2n) is 4.58. The summed E-state index contributed by atoms with van der Waals surface area (Å²) in [5.74, 6) is -0.466. The van der Waals surface area contributed by atoms with Gasteiger partial charge in [-0.25, -0.2) is 4.79 Å². The van der Waals surface area contributed by atoms with Gasteiger partial charge in [0, 0.05) is 20.1 Å². The standard InChI is InChI=1S/C11H21N3O3/c1-8(2)9(10(12)15)13(3)11(16)14-4-6-17-7-5-14/h8-9H,4-7H2,1-3H3,(H2,12,15). The molecule has 1 heterocycles. The molecule has 0 spiro atoms. The van der Waals surface area contributed by atoms with Gasteiger partial charge in [0.05, 0.1) is 13.2 Å². The number of nitrogens with two attached hydrogens (primary N) is 1. The van der Waals surface area contributed by atoms with E-state index in [2.05, 4.69) is 0 Å². The number of carbonyl (C=O) groups is 2. The van der Waals surface area contributed by atoms with Gasteiger partial charge in [-0.1, -0.05) is 13.8 Å². The smallest absolute Gasteiger partial charge is 0.320 e. The second-order valence-corrected chi connectivity index (χ2v) is 4.58. The van der Waals surface area contributed by atoms with Gasteiger partial charge in [0.25, 0.3) is 0 Å². The fraction of sp³-hybridized carbons (Fsp3) is 0.818. The number of amides is 3. The summed E-state index contributed by atoms with van der Waals surface area (Å²) in [6.07, 6.45) is 0. The Bertz CT molecular complexity index is 288. The SMILES string of the molecule is CC(C)C(C(N)=O)N(C)C(=O)N1CCOCC1. The molecule has 1 rings (SSSR count). The Morgan fingerprint density at radius 3 is 2.24 bits per heavy atom. The average molecular weight is 243 g/mol. The quantitative estimate of drug-likeness (QED) is 0.751. The molecule has 1 saturated heterocycles. The molecule has 0 bridgehead atoms. The van der Waals surface area contributed by atoms with Gasteiger partial charge in [-0.15, -0.1) is 0 Å². The van der Waals surface area contributed by atoms with Crippen LogP contribution in [-0.4, -0.2) is 61.1 Å². The summed E-state index contributed by atoms with van der Waals surface area (Å²) in [6, 6.07) is -0.726. The molecule has 1 atom stereocenters. The molecule has 17 heavy (non-hydrogen) atoms. The van der Waals surface area contributed by atoms with E-state index in [0.717, 1.165) is 0 Å². The Labute approximate surface area is 102 Å². The Morgan fingerprint density at radius 2 is 1.82 bits per heavy atom. The molecule has 98 valence electrons. The third kappa shape index (κ3) is 3.33. The van der Waals surface area contributed by atoms with Crippen molar-refractivity contribution in [3.05, 3.63) is 0 Å². The molecule has 1 unspecified atom stereocenters. The summed E-state index contributed by atoms with van der Waals surface area (Å²) in [4.78, 5) is 26.6. The predicted octanol–water partition coefficient (Wildman–Crippen LogP) is -0.120. The summed E-state index contributed by atoms with van der Waals surface area (Å²) in [6.45, 7) is 5.96. The third-order valence-corrected chi connectivity index (χ3v) is 2.92. The van der Waals surface area contributed by atoms with Crippen LogP contribution in [0.2, 0.25) is 0 Å². The molecule has 0 aromatic carbocycles. The Kier molecular flexibility index (Phi) is 4.74. The van der Waals surface area contributed by atoms with Gasteiger partial charge < -0.3 is 20.3 Å². The van der Waals surface area contributed by atoms with Crippen LogP contribution in [0.15, 0.2) is 0 Å². The van der Waals surface area contributed by atoms with E-state index >= 15 is 0 Å². The van der Waals surface area contributed by atoms with E-state index in [1.54, 1.807) is 11.9 Å². The van der Waals surface area contributed by atoms with Crippen LogP contribution in [-0.2, 0) is 9.53 Å². The molecule has 1 fully saturated rings. The molecule has 1 aliphatic rings. The minimum atomic E-state index is -0.564. The van der Waals surface area contributed by atoms with Gasteiger partial charge in [-0.3, -0.25) is 4.79 Å². The average Bonchev–Trinajstić information content (AvgIpc) is 2.28. The molecular weight excluding hydrogens is 222 g/mol. The first-order chi connectivity index (χ1) is 7.95. The van der Waals surface area contributed by atoms with Crippen LogP contribution in [0.4, 0.5) is 4.79 Å². The van der Waals surface area contributed by atoms with Crippen molar-refractivity contribution in [2.75, 3.05) is 33.4 Å². The molecule has 3 amide bonds. The minimum Gasteiger partial charge on any atom is -0.378 e. The Balaban J connectivity index is 2.68. The molecule has 2 N–H and O–H groups in total. The summed E-state index contributed by atoms with van der Waals surface area (Å²) in [5.41, 5.74) is 5.33. The molecular formula is C11H21N3O3. The van der Waals surface area contributed by atoms with E-state index in [1.165, 1.54) is 4.90 Å². The van der Waals surface area contributed by atoms with Crippen molar-refractivity contribution in [2.45, 2.75) is 19.9 Å². The highest BCUT2D eigenvalue weighted by Gasteiger charge is 2.31. The zero-order valence-corrected chi connectivity index (χ0v) is 10.7. The number of nitrogens with zero attached hydrogens (tertiary/aromatic N) is 2. The topological polar surface area (TPSA) is 75.9 Å². The highest BCUT2D eigenvalue weighted by molar-refractivity contribution is 5.86. The van der Waals surface area contributed by atoms with Crippen molar-refractivity contribution in [1.29, 1.82) is 0 Å². The van der Waals surface area contributed by atoms with E-state index in [-0.39, 0.29) is 11.9 Å². The van der Waals surface area contributed by atoms with E-state index in [0.29, 0.717) is 26.3 Å². The summed E-state index contributed by atoms with van der Waals surface area (Å²) >= 11 is 0. The van der Waals surface area contributed by atoms with E-state index in [9.17, 15) is 9.59 Å². The molecule has 6 heteroatoms. The fourth-order valence-electron chi connectivity index (χ4n) is 2.06. The van der Waals surface area contributed by atoms with E-state index in [4.69, 9.17) is 10.5 Å². The van der Waals surface area contributed by atoms with E-state index in [1.807, 2.05) is 13.8 Å². The van der Waals surface area contributed by atoms with Crippen LogP contribution >= 0.6 is 0 Å². The Morgan fingerprint density at radius 1 is 1.29 bits per heavy atom. The lowest BCUT2D eigenvalue weighted by Gasteiger charge is -2.35. The normalized spacial score (nSPS) is 18.0. The number of carbonyl (C=O) groups excluding carboxylic acids is 2. The van der Waals surface area contributed by atoms with Crippen molar-refractivity contribution >= 4 is 11.9 Å². The van der Waals surface area contributed by atoms with Gasteiger partial charge >= 0.3 is 6.03 Å². The number of likely N-dealkylation sites (N-methyl/N-ethyl adjacent to an activating group) is 1.